The Kier molecular flexibility index (Phi) is 29.2. The molecule has 2 amide bonds. The quantitative estimate of drug-likeness (QED) is 0.125. The van der Waals surface area contributed by atoms with Crippen LogP contribution in [0.1, 0.15) is 56.9 Å². The molecule has 0 aliphatic rings. The Labute approximate surface area is 255 Å². The summed E-state index contributed by atoms with van der Waals surface area (Å²) in [7, 11) is 0. The van der Waals surface area contributed by atoms with Crippen LogP contribution >= 0.6 is 83.8 Å². The van der Waals surface area contributed by atoms with Gasteiger partial charge in [-0.1, -0.05) is 57.5 Å². The van der Waals surface area contributed by atoms with E-state index in [9.17, 15) is 4.79 Å². The van der Waals surface area contributed by atoms with Crippen molar-refractivity contribution in [1.29, 1.82) is 0 Å². The molecule has 0 atom stereocenters. The molecule has 2 aromatic rings. The van der Waals surface area contributed by atoms with Gasteiger partial charge in [0.1, 0.15) is 0 Å². The molecule has 194 valence electrons. The monoisotopic (exact) mass is 883 g/mol. The summed E-state index contributed by atoms with van der Waals surface area (Å²) in [6.07, 6.45) is 0. The molecule has 0 aromatic heterocycles. The van der Waals surface area contributed by atoms with Crippen molar-refractivity contribution < 1.29 is 9.72 Å². The van der Waals surface area contributed by atoms with Gasteiger partial charge in [-0.25, -0.2) is 4.79 Å². The van der Waals surface area contributed by atoms with Crippen LogP contribution in [0.2, 0.25) is 0 Å². The molecule has 2 rings (SSSR count). The van der Waals surface area contributed by atoms with Crippen LogP contribution in [0.25, 0.3) is 0 Å². The number of carbonyl (C=O) groups excluding carboxylic acids is 1. The molecule has 0 saturated carbocycles. The fourth-order valence-corrected chi connectivity index (χ4v) is 2.56. The Morgan fingerprint density at radius 2 is 1.38 bits per heavy atom. The van der Waals surface area contributed by atoms with Crippen LogP contribution in [0.5, 0.6) is 0 Å². The van der Waals surface area contributed by atoms with Crippen LogP contribution in [0.4, 0.5) is 16.2 Å². The first kappa shape index (κ1) is 39.2. The van der Waals surface area contributed by atoms with Gasteiger partial charge in [0.15, 0.2) is 4.45 Å². The molecule has 0 spiro atoms. The van der Waals surface area contributed by atoms with E-state index in [-0.39, 0.29) is 11.0 Å². The number of hydrogen-bond acceptors (Lipinski definition) is 2. The van der Waals surface area contributed by atoms with E-state index in [0.717, 1.165) is 23.5 Å². The molecule has 0 unspecified atom stereocenters. The topological polar surface area (TPSA) is 53.2 Å². The summed E-state index contributed by atoms with van der Waals surface area (Å²) >= 11 is 17.0. The van der Waals surface area contributed by atoms with Crippen molar-refractivity contribution in [2.24, 2.45) is 0 Å². The second-order valence-corrected chi connectivity index (χ2v) is 42.4. The molecule has 10 heteroatoms. The van der Waals surface area contributed by atoms with Crippen molar-refractivity contribution in [3.63, 3.8) is 0 Å². The maximum absolute atomic E-state index is 12.0. The van der Waals surface area contributed by atoms with Crippen LogP contribution in [0.3, 0.4) is 0 Å². The summed E-state index contributed by atoms with van der Waals surface area (Å²) in [4.78, 5) is 11.7. The first-order chi connectivity index (χ1) is 16.0. The number of urea groups is 1. The van der Waals surface area contributed by atoms with E-state index in [4.69, 9.17) is 11.6 Å². The van der Waals surface area contributed by atoms with Gasteiger partial charge < -0.3 is 16.0 Å². The molecule has 0 fully saturated rings. The number of amides is 2. The van der Waals surface area contributed by atoms with Gasteiger partial charge >= 0.3 is 70.9 Å². The van der Waals surface area contributed by atoms with Gasteiger partial charge in [0, 0.05) is 17.9 Å². The first-order valence-corrected chi connectivity index (χ1v) is 25.2. The third-order valence-corrected chi connectivity index (χ3v) is 4.35. The number of rotatable bonds is 3. The molecule has 0 bridgehead atoms. The van der Waals surface area contributed by atoms with E-state index in [1.807, 2.05) is 77.9 Å². The number of halogens is 4. The molecular formula is C24H38ClI3N3OSV. The van der Waals surface area contributed by atoms with E-state index in [1.54, 1.807) is 0 Å². The van der Waals surface area contributed by atoms with Gasteiger partial charge in [0.25, 0.3) is 0 Å². The Bertz CT molecular complexity index is 826. The number of carbonyl (C=O) groups is 1. The van der Waals surface area contributed by atoms with Crippen molar-refractivity contribution in [2.75, 3.05) is 17.2 Å². The van der Waals surface area contributed by atoms with Crippen molar-refractivity contribution in [3.05, 3.63) is 58.7 Å². The number of para-hydroxylation sites is 1. The number of hydrogen-bond donors (Lipinski definition) is 3. The Morgan fingerprint density at radius 3 is 1.76 bits per heavy atom. The summed E-state index contributed by atoms with van der Waals surface area (Å²) in [5, 5.41) is 8.44. The van der Waals surface area contributed by atoms with Crippen LogP contribution in [0, 0.1) is 27.7 Å². The van der Waals surface area contributed by atoms with Crippen molar-refractivity contribution in [1.82, 2.24) is 5.32 Å². The second kappa shape index (κ2) is 25.3. The normalized spacial score (nSPS) is 8.76. The zero-order chi connectivity index (χ0) is 27.3. The van der Waals surface area contributed by atoms with Gasteiger partial charge in [-0.05, 0) is 87.3 Å². The molecular weight excluding hydrogens is 845 g/mol. The Hall–Kier alpha value is 0.664. The molecule has 0 aliphatic heterocycles. The third kappa shape index (κ3) is 20.8. The standard InChI is InChI=1S/C17H20N2O.C3H6ClNS.2C2H6.3HI.V/c1-11-10-16(14(4)13(3)12(11)2)19-17(20)18-15-8-6-5-7-9-15;1-2-5-3(4)6;2*1-2;;;;/h5-10H,1-4H3,(H2,18,19,20);2H2,1H3,(H,5,6);2*1-2H3;3*1H;/q;;;;;;;+3/p-3. The SMILES string of the molecule is CC.CC.CCNC(=S)Cl.Cc1cc(NC(=O)Nc2ccccc2)c(C)c(C)c1C.[I][V]([I])[I]. The number of aryl methyl sites for hydroxylation is 1. The van der Waals surface area contributed by atoms with Gasteiger partial charge in [-0.15, -0.1) is 0 Å². The molecule has 4 nitrogen and oxygen atoms in total. The predicted octanol–water partition coefficient (Wildman–Crippen LogP) is 10.4. The number of nitrogens with one attached hydrogen (secondary N) is 3. The average molecular weight is 884 g/mol. The molecule has 0 radical (unpaired) electrons. The third-order valence-electron chi connectivity index (χ3n) is 4.08. The van der Waals surface area contributed by atoms with Gasteiger partial charge in [-0.2, -0.15) is 0 Å². The fraction of sp³-hybridized carbons (Fsp3) is 0.417. The van der Waals surface area contributed by atoms with Crippen molar-refractivity contribution in [2.45, 2.75) is 62.3 Å². The maximum atomic E-state index is 12.0. The minimum atomic E-state index is -0.278. The van der Waals surface area contributed by atoms with E-state index in [2.05, 4.69) is 109 Å². The van der Waals surface area contributed by atoms with Crippen LogP contribution in [-0.4, -0.2) is 17.0 Å². The Balaban J connectivity index is -0.000000571. The molecule has 2 aromatic carbocycles. The number of thiocarbonyl (C=S) groups is 1. The minimum absolute atomic E-state index is 0.220. The number of benzene rings is 2. The molecule has 3 N–H and O–H groups in total. The average Bonchev–Trinajstić information content (AvgIpc) is 2.79. The zero-order valence-electron chi connectivity index (χ0n) is 21.4. The van der Waals surface area contributed by atoms with Crippen molar-refractivity contribution in [3.8, 4) is 0 Å². The summed E-state index contributed by atoms with van der Waals surface area (Å²) in [6.45, 7) is 19.0. The number of anilines is 2. The summed E-state index contributed by atoms with van der Waals surface area (Å²) in [5.41, 5.74) is 6.43. The van der Waals surface area contributed by atoms with Crippen LogP contribution in [0.15, 0.2) is 36.4 Å². The van der Waals surface area contributed by atoms with Crippen LogP contribution < -0.4 is 16.0 Å². The summed E-state index contributed by atoms with van der Waals surface area (Å²) in [6, 6.07) is 11.2. The van der Waals surface area contributed by atoms with E-state index < -0.39 is 0 Å². The zero-order valence-corrected chi connectivity index (χ0v) is 30.9. The first-order valence-electron chi connectivity index (χ1n) is 10.9. The van der Waals surface area contributed by atoms with Gasteiger partial charge in [0.05, 0.1) is 0 Å². The molecule has 34 heavy (non-hydrogen) atoms. The van der Waals surface area contributed by atoms with Gasteiger partial charge in [0.2, 0.25) is 0 Å². The summed E-state index contributed by atoms with van der Waals surface area (Å²) in [5.74, 6) is 0. The summed E-state index contributed by atoms with van der Waals surface area (Å²) < 4.78 is 0.345. The van der Waals surface area contributed by atoms with Gasteiger partial charge in [-0.3, -0.25) is 0 Å². The van der Waals surface area contributed by atoms with E-state index in [0.29, 0.717) is 4.45 Å². The van der Waals surface area contributed by atoms with Crippen LogP contribution in [-0.2, 0) is 4.92 Å². The molecule has 0 saturated heterocycles. The predicted molar refractivity (Wildman–Crippen MR) is 181 cm³/mol. The second-order valence-electron chi connectivity index (χ2n) is 6.06. The molecule has 0 aliphatic carbocycles. The van der Waals surface area contributed by atoms with E-state index in [1.165, 1.54) is 16.7 Å². The van der Waals surface area contributed by atoms with Crippen molar-refractivity contribution >= 4 is 106 Å². The van der Waals surface area contributed by atoms with E-state index >= 15 is 0 Å². The Morgan fingerprint density at radius 1 is 0.912 bits per heavy atom. The fourth-order valence-electron chi connectivity index (χ4n) is 2.29. The molecule has 0 heterocycles.